The van der Waals surface area contributed by atoms with Crippen LogP contribution in [0.4, 0.5) is 13.2 Å². The summed E-state index contributed by atoms with van der Waals surface area (Å²) in [5, 5.41) is 0. The lowest BCUT2D eigenvalue weighted by atomic mass is 10.0. The number of hydrogen-bond acceptors (Lipinski definition) is 2. The van der Waals surface area contributed by atoms with Crippen LogP contribution in [0.5, 0.6) is 0 Å². The van der Waals surface area contributed by atoms with Gasteiger partial charge in [-0.15, -0.1) is 0 Å². The molecular weight excluding hydrogens is 255 g/mol. The van der Waals surface area contributed by atoms with Crippen molar-refractivity contribution in [1.29, 1.82) is 0 Å². The third-order valence-electron chi connectivity index (χ3n) is 2.83. The number of nitrogens with zero attached hydrogens (tertiary/aromatic N) is 1. The number of pyridine rings is 1. The van der Waals surface area contributed by atoms with Gasteiger partial charge < -0.3 is 4.42 Å². The standard InChI is InChI=1S/C14H8F3NO/c15-14(16,17)10-4-1-3-9(7-10)11-8-19-12-5-2-6-18-13(11)12/h1-8H. The predicted octanol–water partition coefficient (Wildman–Crippen LogP) is 4.51. The van der Waals surface area contributed by atoms with E-state index in [-0.39, 0.29) is 0 Å². The van der Waals surface area contributed by atoms with Crippen LogP contribution in [0.3, 0.4) is 0 Å². The van der Waals surface area contributed by atoms with Crippen molar-refractivity contribution in [2.75, 3.05) is 0 Å². The van der Waals surface area contributed by atoms with Crippen LogP contribution in [0.2, 0.25) is 0 Å². The van der Waals surface area contributed by atoms with E-state index in [0.717, 1.165) is 12.1 Å². The highest BCUT2D eigenvalue weighted by Crippen LogP contribution is 2.34. The zero-order valence-electron chi connectivity index (χ0n) is 9.61. The van der Waals surface area contributed by atoms with E-state index < -0.39 is 11.7 Å². The molecule has 0 saturated heterocycles. The zero-order valence-corrected chi connectivity index (χ0v) is 9.61. The minimum atomic E-state index is -4.36. The zero-order chi connectivity index (χ0) is 13.5. The first kappa shape index (κ1) is 11.8. The molecule has 0 atom stereocenters. The summed E-state index contributed by atoms with van der Waals surface area (Å²) in [5.41, 5.74) is 1.42. The van der Waals surface area contributed by atoms with E-state index in [4.69, 9.17) is 4.42 Å². The van der Waals surface area contributed by atoms with Crippen molar-refractivity contribution >= 4 is 11.1 Å². The normalized spacial score (nSPS) is 11.9. The summed E-state index contributed by atoms with van der Waals surface area (Å²) in [7, 11) is 0. The molecule has 19 heavy (non-hydrogen) atoms. The van der Waals surface area contributed by atoms with Gasteiger partial charge in [0.25, 0.3) is 0 Å². The van der Waals surface area contributed by atoms with Gasteiger partial charge in [-0.05, 0) is 29.8 Å². The molecule has 1 aromatic carbocycles. The van der Waals surface area contributed by atoms with E-state index in [2.05, 4.69) is 4.98 Å². The molecule has 0 saturated carbocycles. The fourth-order valence-electron chi connectivity index (χ4n) is 1.93. The minimum Gasteiger partial charge on any atom is -0.462 e. The molecule has 0 amide bonds. The van der Waals surface area contributed by atoms with Crippen LogP contribution >= 0.6 is 0 Å². The maximum Gasteiger partial charge on any atom is 0.416 e. The lowest BCUT2D eigenvalue weighted by Crippen LogP contribution is -2.04. The molecule has 0 aliphatic rings. The van der Waals surface area contributed by atoms with Crippen molar-refractivity contribution in [1.82, 2.24) is 4.98 Å². The summed E-state index contributed by atoms with van der Waals surface area (Å²) in [6, 6.07) is 8.55. The van der Waals surface area contributed by atoms with Crippen LogP contribution in [-0.4, -0.2) is 4.98 Å². The maximum absolute atomic E-state index is 12.7. The van der Waals surface area contributed by atoms with E-state index in [9.17, 15) is 13.2 Å². The molecule has 3 rings (SSSR count). The Morgan fingerprint density at radius 1 is 1.05 bits per heavy atom. The molecule has 0 spiro atoms. The largest absolute Gasteiger partial charge is 0.462 e. The first-order valence-electron chi connectivity index (χ1n) is 5.55. The molecule has 3 aromatic rings. The summed E-state index contributed by atoms with van der Waals surface area (Å²) in [4.78, 5) is 4.13. The molecular formula is C14H8F3NO. The fraction of sp³-hybridized carbons (Fsp3) is 0.0714. The molecule has 0 fully saturated rings. The third-order valence-corrected chi connectivity index (χ3v) is 2.83. The Morgan fingerprint density at radius 3 is 2.68 bits per heavy atom. The van der Waals surface area contributed by atoms with Gasteiger partial charge in [-0.2, -0.15) is 13.2 Å². The summed E-state index contributed by atoms with van der Waals surface area (Å²) >= 11 is 0. The number of furan rings is 1. The number of benzene rings is 1. The van der Waals surface area contributed by atoms with Crippen molar-refractivity contribution in [2.24, 2.45) is 0 Å². The minimum absolute atomic E-state index is 0.437. The van der Waals surface area contributed by atoms with Crippen molar-refractivity contribution in [2.45, 2.75) is 6.18 Å². The van der Waals surface area contributed by atoms with Gasteiger partial charge in [0.05, 0.1) is 5.56 Å². The van der Waals surface area contributed by atoms with Gasteiger partial charge >= 0.3 is 6.18 Å². The number of fused-ring (bicyclic) bond motifs is 1. The SMILES string of the molecule is FC(F)(F)c1cccc(-c2coc3cccnc23)c1. The van der Waals surface area contributed by atoms with Crippen LogP contribution in [0, 0.1) is 0 Å². The fourth-order valence-corrected chi connectivity index (χ4v) is 1.93. The molecule has 5 heteroatoms. The number of rotatable bonds is 1. The lowest BCUT2D eigenvalue weighted by molar-refractivity contribution is -0.137. The van der Waals surface area contributed by atoms with Crippen LogP contribution in [-0.2, 0) is 6.18 Å². The highest BCUT2D eigenvalue weighted by molar-refractivity contribution is 5.90. The van der Waals surface area contributed by atoms with Crippen molar-refractivity contribution in [3.8, 4) is 11.1 Å². The number of hydrogen-bond donors (Lipinski definition) is 0. The van der Waals surface area contributed by atoms with Gasteiger partial charge in [0.1, 0.15) is 11.8 Å². The number of alkyl halides is 3. The van der Waals surface area contributed by atoms with E-state index in [1.165, 1.54) is 12.3 Å². The average molecular weight is 263 g/mol. The molecule has 0 radical (unpaired) electrons. The molecule has 2 aromatic heterocycles. The van der Waals surface area contributed by atoms with Gasteiger partial charge in [-0.3, -0.25) is 4.98 Å². The molecule has 0 aliphatic carbocycles. The Hall–Kier alpha value is -2.30. The summed E-state index contributed by atoms with van der Waals surface area (Å²) in [6.07, 6.45) is -1.36. The van der Waals surface area contributed by atoms with Gasteiger partial charge in [0.15, 0.2) is 5.58 Å². The second-order valence-corrected chi connectivity index (χ2v) is 4.08. The van der Waals surface area contributed by atoms with E-state index in [1.54, 1.807) is 24.4 Å². The predicted molar refractivity (Wildman–Crippen MR) is 64.4 cm³/mol. The van der Waals surface area contributed by atoms with E-state index in [1.807, 2.05) is 0 Å². The van der Waals surface area contributed by atoms with E-state index >= 15 is 0 Å². The van der Waals surface area contributed by atoms with Crippen molar-refractivity contribution in [3.63, 3.8) is 0 Å². The van der Waals surface area contributed by atoms with Crippen molar-refractivity contribution in [3.05, 3.63) is 54.4 Å². The number of halogens is 3. The Bertz CT molecular complexity index is 731. The molecule has 2 nitrogen and oxygen atoms in total. The smallest absolute Gasteiger partial charge is 0.416 e. The average Bonchev–Trinajstić information content (AvgIpc) is 2.82. The van der Waals surface area contributed by atoms with Crippen LogP contribution < -0.4 is 0 Å². The van der Waals surface area contributed by atoms with Gasteiger partial charge in [-0.25, -0.2) is 0 Å². The van der Waals surface area contributed by atoms with Crippen LogP contribution in [0.25, 0.3) is 22.2 Å². The molecule has 0 bridgehead atoms. The summed E-state index contributed by atoms with van der Waals surface area (Å²) < 4.78 is 43.3. The Labute approximate surface area is 106 Å². The summed E-state index contributed by atoms with van der Waals surface area (Å²) in [6.45, 7) is 0. The molecule has 0 unspecified atom stereocenters. The molecule has 2 heterocycles. The topological polar surface area (TPSA) is 26.0 Å². The van der Waals surface area contributed by atoms with Gasteiger partial charge in [-0.1, -0.05) is 12.1 Å². The number of aromatic nitrogens is 1. The second kappa shape index (κ2) is 4.12. The first-order valence-corrected chi connectivity index (χ1v) is 5.55. The second-order valence-electron chi connectivity index (χ2n) is 4.08. The molecule has 0 aliphatic heterocycles. The van der Waals surface area contributed by atoms with Crippen molar-refractivity contribution < 1.29 is 17.6 Å². The highest BCUT2D eigenvalue weighted by Gasteiger charge is 2.30. The van der Waals surface area contributed by atoms with Crippen LogP contribution in [0.1, 0.15) is 5.56 Å². The Kier molecular flexibility index (Phi) is 2.55. The van der Waals surface area contributed by atoms with Gasteiger partial charge in [0, 0.05) is 11.8 Å². The summed E-state index contributed by atoms with van der Waals surface area (Å²) in [5.74, 6) is 0. The first-order chi connectivity index (χ1) is 9.05. The van der Waals surface area contributed by atoms with Crippen LogP contribution in [0.15, 0.2) is 53.3 Å². The lowest BCUT2D eigenvalue weighted by Gasteiger charge is -2.07. The molecule has 0 N–H and O–H groups in total. The third kappa shape index (κ3) is 2.07. The monoisotopic (exact) mass is 263 g/mol. The maximum atomic E-state index is 12.7. The van der Waals surface area contributed by atoms with E-state index in [0.29, 0.717) is 22.2 Å². The highest BCUT2D eigenvalue weighted by atomic mass is 19.4. The molecule has 96 valence electrons. The Balaban J connectivity index is 2.17. The Morgan fingerprint density at radius 2 is 1.89 bits per heavy atom. The van der Waals surface area contributed by atoms with Gasteiger partial charge in [0.2, 0.25) is 0 Å². The quantitative estimate of drug-likeness (QED) is 0.645.